The van der Waals surface area contributed by atoms with Crippen LogP contribution in [-0.2, 0) is 6.54 Å². The smallest absolute Gasteiger partial charge is 0.255 e. The molecular weight excluding hydrogens is 280 g/mol. The predicted molar refractivity (Wildman–Crippen MR) is 87.2 cm³/mol. The van der Waals surface area contributed by atoms with Crippen molar-refractivity contribution in [2.24, 2.45) is 5.73 Å². The molecule has 0 fully saturated rings. The Morgan fingerprint density at radius 1 is 1.33 bits per heavy atom. The van der Waals surface area contributed by atoms with E-state index in [1.165, 1.54) is 0 Å². The highest BCUT2D eigenvalue weighted by molar-refractivity contribution is 7.08. The second-order valence-electron chi connectivity index (χ2n) is 4.79. The molecule has 0 spiro atoms. The van der Waals surface area contributed by atoms with Gasteiger partial charge in [-0.25, -0.2) is 0 Å². The molecule has 0 aliphatic heterocycles. The van der Waals surface area contributed by atoms with Gasteiger partial charge in [-0.05, 0) is 29.5 Å². The van der Waals surface area contributed by atoms with E-state index in [9.17, 15) is 4.79 Å². The van der Waals surface area contributed by atoms with Gasteiger partial charge in [-0.1, -0.05) is 30.0 Å². The number of aryl methyl sites for hydroxylation is 1. The standard InChI is InChI=1S/C17H18N2OS/c1-13-11-21-12-16(13)17(20)19(2)10-15-7-4-3-6-14(15)8-5-9-18/h3-4,6-7,11-12H,9-10,18H2,1-2H3. The average Bonchev–Trinajstić information content (AvgIpc) is 2.91. The van der Waals surface area contributed by atoms with Gasteiger partial charge < -0.3 is 10.6 Å². The van der Waals surface area contributed by atoms with Crippen LogP contribution in [0.25, 0.3) is 0 Å². The van der Waals surface area contributed by atoms with E-state index < -0.39 is 0 Å². The van der Waals surface area contributed by atoms with Crippen LogP contribution in [0, 0.1) is 18.8 Å². The summed E-state index contributed by atoms with van der Waals surface area (Å²) in [4.78, 5) is 14.2. The van der Waals surface area contributed by atoms with E-state index in [2.05, 4.69) is 11.8 Å². The Morgan fingerprint density at radius 3 is 2.76 bits per heavy atom. The van der Waals surface area contributed by atoms with Crippen molar-refractivity contribution in [3.05, 3.63) is 57.3 Å². The number of benzene rings is 1. The van der Waals surface area contributed by atoms with Crippen LogP contribution in [0.5, 0.6) is 0 Å². The van der Waals surface area contributed by atoms with Crippen molar-refractivity contribution in [2.75, 3.05) is 13.6 Å². The van der Waals surface area contributed by atoms with Gasteiger partial charge in [0.25, 0.3) is 5.91 Å². The van der Waals surface area contributed by atoms with Gasteiger partial charge in [-0.15, -0.1) is 0 Å². The van der Waals surface area contributed by atoms with Crippen LogP contribution in [-0.4, -0.2) is 24.4 Å². The summed E-state index contributed by atoms with van der Waals surface area (Å²) < 4.78 is 0. The molecule has 21 heavy (non-hydrogen) atoms. The Balaban J connectivity index is 2.18. The van der Waals surface area contributed by atoms with Crippen molar-refractivity contribution in [3.63, 3.8) is 0 Å². The number of thiophene rings is 1. The number of rotatable bonds is 3. The molecule has 0 saturated carbocycles. The summed E-state index contributed by atoms with van der Waals surface area (Å²) in [5.74, 6) is 5.95. The third-order valence-corrected chi connectivity index (χ3v) is 4.04. The first-order chi connectivity index (χ1) is 10.1. The van der Waals surface area contributed by atoms with E-state index in [4.69, 9.17) is 5.73 Å². The second kappa shape index (κ2) is 7.07. The van der Waals surface area contributed by atoms with E-state index in [0.29, 0.717) is 13.1 Å². The zero-order valence-electron chi connectivity index (χ0n) is 12.2. The van der Waals surface area contributed by atoms with Gasteiger partial charge in [0.15, 0.2) is 0 Å². The topological polar surface area (TPSA) is 46.3 Å². The Bertz CT molecular complexity index is 694. The van der Waals surface area contributed by atoms with Gasteiger partial charge in [0.2, 0.25) is 0 Å². The molecule has 2 N–H and O–H groups in total. The van der Waals surface area contributed by atoms with Crippen LogP contribution in [0.2, 0.25) is 0 Å². The molecule has 1 aromatic heterocycles. The van der Waals surface area contributed by atoms with E-state index in [1.54, 1.807) is 16.2 Å². The van der Waals surface area contributed by atoms with Gasteiger partial charge in [-0.2, -0.15) is 11.3 Å². The van der Waals surface area contributed by atoms with Gasteiger partial charge in [0, 0.05) is 24.5 Å². The molecule has 2 aromatic rings. The van der Waals surface area contributed by atoms with Gasteiger partial charge in [-0.3, -0.25) is 4.79 Å². The number of nitrogens with two attached hydrogens (primary N) is 1. The Labute approximate surface area is 129 Å². The molecule has 108 valence electrons. The van der Waals surface area contributed by atoms with Crippen molar-refractivity contribution < 1.29 is 4.79 Å². The minimum absolute atomic E-state index is 0.0373. The lowest BCUT2D eigenvalue weighted by molar-refractivity contribution is 0.0785. The molecule has 3 nitrogen and oxygen atoms in total. The number of hydrogen-bond donors (Lipinski definition) is 1. The minimum Gasteiger partial charge on any atom is -0.337 e. The monoisotopic (exact) mass is 298 g/mol. The number of carbonyl (C=O) groups excluding carboxylic acids is 1. The van der Waals surface area contributed by atoms with Crippen molar-refractivity contribution in [2.45, 2.75) is 13.5 Å². The van der Waals surface area contributed by atoms with Crippen LogP contribution in [0.15, 0.2) is 35.0 Å². The highest BCUT2D eigenvalue weighted by atomic mass is 32.1. The molecule has 0 atom stereocenters. The van der Waals surface area contributed by atoms with Crippen molar-refractivity contribution >= 4 is 17.2 Å². The number of amides is 1. The third-order valence-electron chi connectivity index (χ3n) is 3.18. The molecule has 0 radical (unpaired) electrons. The quantitative estimate of drug-likeness (QED) is 0.886. The van der Waals surface area contributed by atoms with Crippen molar-refractivity contribution in [3.8, 4) is 11.8 Å². The maximum Gasteiger partial charge on any atom is 0.255 e. The zero-order chi connectivity index (χ0) is 15.2. The fraction of sp³-hybridized carbons (Fsp3) is 0.235. The number of hydrogen-bond acceptors (Lipinski definition) is 3. The number of nitrogens with zero attached hydrogens (tertiary/aromatic N) is 1. The summed E-state index contributed by atoms with van der Waals surface area (Å²) in [6.45, 7) is 2.82. The van der Waals surface area contributed by atoms with Crippen LogP contribution < -0.4 is 5.73 Å². The van der Waals surface area contributed by atoms with E-state index in [-0.39, 0.29) is 5.91 Å². The molecule has 0 saturated heterocycles. The molecule has 2 rings (SSSR count). The fourth-order valence-electron chi connectivity index (χ4n) is 2.04. The maximum atomic E-state index is 12.4. The third kappa shape index (κ3) is 3.72. The zero-order valence-corrected chi connectivity index (χ0v) is 13.0. The number of carbonyl (C=O) groups is 1. The Morgan fingerprint density at radius 2 is 2.10 bits per heavy atom. The molecule has 0 bridgehead atoms. The van der Waals surface area contributed by atoms with Crippen LogP contribution in [0.1, 0.15) is 27.0 Å². The van der Waals surface area contributed by atoms with Gasteiger partial charge in [0.05, 0.1) is 12.1 Å². The summed E-state index contributed by atoms with van der Waals surface area (Å²) in [6, 6.07) is 7.84. The molecule has 1 amide bonds. The minimum atomic E-state index is 0.0373. The van der Waals surface area contributed by atoms with E-state index in [1.807, 2.05) is 49.0 Å². The predicted octanol–water partition coefficient (Wildman–Crippen LogP) is 2.64. The summed E-state index contributed by atoms with van der Waals surface area (Å²) in [5, 5.41) is 3.88. The summed E-state index contributed by atoms with van der Waals surface area (Å²) in [6.07, 6.45) is 0. The highest BCUT2D eigenvalue weighted by Gasteiger charge is 2.15. The molecule has 0 aliphatic carbocycles. The molecule has 1 aromatic carbocycles. The summed E-state index contributed by atoms with van der Waals surface area (Å²) >= 11 is 1.55. The lowest BCUT2D eigenvalue weighted by Gasteiger charge is -2.18. The summed E-state index contributed by atoms with van der Waals surface area (Å²) in [5.41, 5.74) is 9.16. The second-order valence-corrected chi connectivity index (χ2v) is 5.54. The molecule has 1 heterocycles. The lowest BCUT2D eigenvalue weighted by Crippen LogP contribution is -2.26. The van der Waals surface area contributed by atoms with Crippen molar-refractivity contribution in [1.82, 2.24) is 4.90 Å². The molecule has 0 unspecified atom stereocenters. The average molecular weight is 298 g/mol. The molecular formula is C17H18N2OS. The van der Waals surface area contributed by atoms with Gasteiger partial charge in [0.1, 0.15) is 0 Å². The lowest BCUT2D eigenvalue weighted by atomic mass is 10.1. The van der Waals surface area contributed by atoms with Crippen LogP contribution in [0.3, 0.4) is 0 Å². The first-order valence-corrected chi connectivity index (χ1v) is 7.63. The maximum absolute atomic E-state index is 12.4. The van der Waals surface area contributed by atoms with Crippen molar-refractivity contribution in [1.29, 1.82) is 0 Å². The van der Waals surface area contributed by atoms with Gasteiger partial charge >= 0.3 is 0 Å². The van der Waals surface area contributed by atoms with E-state index in [0.717, 1.165) is 22.3 Å². The van der Waals surface area contributed by atoms with Crippen LogP contribution >= 0.6 is 11.3 Å². The molecule has 4 heteroatoms. The van der Waals surface area contributed by atoms with Crippen LogP contribution in [0.4, 0.5) is 0 Å². The Kier molecular flexibility index (Phi) is 5.15. The molecule has 0 aliphatic rings. The SMILES string of the molecule is Cc1cscc1C(=O)N(C)Cc1ccccc1C#CCN. The largest absolute Gasteiger partial charge is 0.337 e. The highest BCUT2D eigenvalue weighted by Crippen LogP contribution is 2.17. The Hall–Kier alpha value is -2.09. The fourth-order valence-corrected chi connectivity index (χ4v) is 2.86. The first kappa shape index (κ1) is 15.3. The summed E-state index contributed by atoms with van der Waals surface area (Å²) in [7, 11) is 1.81. The van der Waals surface area contributed by atoms with E-state index >= 15 is 0 Å². The normalized spacial score (nSPS) is 9.86. The first-order valence-electron chi connectivity index (χ1n) is 6.68.